The molecule has 0 spiro atoms. The monoisotopic (exact) mass is 401 g/mol. The van der Waals surface area contributed by atoms with Crippen molar-refractivity contribution in [3.8, 4) is 5.75 Å². The highest BCUT2D eigenvalue weighted by Gasteiger charge is 2.17. The molecule has 0 aliphatic carbocycles. The zero-order valence-corrected chi connectivity index (χ0v) is 15.4. The largest absolute Gasteiger partial charge is 0.496 e. The van der Waals surface area contributed by atoms with Crippen molar-refractivity contribution in [2.75, 3.05) is 13.7 Å². The van der Waals surface area contributed by atoms with Crippen LogP contribution in [0.15, 0.2) is 53.1 Å². The number of ketones is 1. The number of ether oxygens (including phenoxy) is 2. The summed E-state index contributed by atoms with van der Waals surface area (Å²) in [6, 6.07) is 12.5. The lowest BCUT2D eigenvalue weighted by atomic mass is 10.1. The first-order valence-electron chi connectivity index (χ1n) is 7.59. The van der Waals surface area contributed by atoms with Gasteiger partial charge in [0.2, 0.25) is 0 Å². The van der Waals surface area contributed by atoms with Crippen LogP contribution in [0.5, 0.6) is 5.75 Å². The third-order valence-corrected chi connectivity index (χ3v) is 4.54. The molecule has 3 rings (SSSR count). The zero-order valence-electron chi connectivity index (χ0n) is 13.8. The van der Waals surface area contributed by atoms with Gasteiger partial charge in [-0.3, -0.25) is 4.79 Å². The number of aromatic nitrogens is 1. The molecule has 0 saturated heterocycles. The molecule has 6 heteroatoms. The number of para-hydroxylation sites is 1. The highest BCUT2D eigenvalue weighted by molar-refractivity contribution is 9.10. The van der Waals surface area contributed by atoms with Crippen molar-refractivity contribution in [2.24, 2.45) is 7.05 Å². The van der Waals surface area contributed by atoms with E-state index in [9.17, 15) is 9.59 Å². The molecule has 0 amide bonds. The molecule has 0 unspecified atom stereocenters. The lowest BCUT2D eigenvalue weighted by Gasteiger charge is -2.06. The van der Waals surface area contributed by atoms with E-state index in [1.165, 1.54) is 0 Å². The van der Waals surface area contributed by atoms with Crippen LogP contribution < -0.4 is 4.74 Å². The van der Waals surface area contributed by atoms with E-state index in [1.54, 1.807) is 31.5 Å². The second-order valence-corrected chi connectivity index (χ2v) is 6.37. The predicted octanol–water partition coefficient (Wildman–Crippen LogP) is 3.99. The molecule has 0 bridgehead atoms. The summed E-state index contributed by atoms with van der Waals surface area (Å²) in [5, 5.41) is 0.801. The maximum atomic E-state index is 12.4. The van der Waals surface area contributed by atoms with Gasteiger partial charge in [0.25, 0.3) is 0 Å². The number of carbonyl (C=O) groups is 2. The summed E-state index contributed by atoms with van der Waals surface area (Å²) < 4.78 is 12.9. The van der Waals surface area contributed by atoms with Gasteiger partial charge in [0.05, 0.1) is 17.1 Å². The van der Waals surface area contributed by atoms with E-state index in [2.05, 4.69) is 15.9 Å². The Hall–Kier alpha value is -2.60. The number of esters is 1. The van der Waals surface area contributed by atoms with Crippen molar-refractivity contribution in [1.29, 1.82) is 0 Å². The minimum atomic E-state index is -0.516. The first-order chi connectivity index (χ1) is 12.0. The SMILES string of the molecule is COc1ccc(C(=O)COC(=O)c2cn(C)c3ccccc23)cc1Br. The molecule has 128 valence electrons. The van der Waals surface area contributed by atoms with E-state index in [0.29, 0.717) is 21.3 Å². The Morgan fingerprint density at radius 3 is 2.64 bits per heavy atom. The van der Waals surface area contributed by atoms with Crippen LogP contribution in [-0.2, 0) is 11.8 Å². The fourth-order valence-electron chi connectivity index (χ4n) is 2.64. The third-order valence-electron chi connectivity index (χ3n) is 3.92. The van der Waals surface area contributed by atoms with Gasteiger partial charge in [-0.1, -0.05) is 18.2 Å². The normalized spacial score (nSPS) is 10.7. The average molecular weight is 402 g/mol. The molecule has 25 heavy (non-hydrogen) atoms. The molecule has 0 atom stereocenters. The van der Waals surface area contributed by atoms with Crippen LogP contribution >= 0.6 is 15.9 Å². The van der Waals surface area contributed by atoms with E-state index in [1.807, 2.05) is 35.9 Å². The fourth-order valence-corrected chi connectivity index (χ4v) is 3.18. The van der Waals surface area contributed by atoms with Crippen molar-refractivity contribution in [2.45, 2.75) is 0 Å². The molecule has 1 heterocycles. The Labute approximate surface area is 153 Å². The molecule has 0 aliphatic rings. The van der Waals surface area contributed by atoms with E-state index >= 15 is 0 Å². The standard InChI is InChI=1S/C19H16BrNO4/c1-21-10-14(13-5-3-4-6-16(13)21)19(23)25-11-17(22)12-7-8-18(24-2)15(20)9-12/h3-10H,11H2,1-2H3. The lowest BCUT2D eigenvalue weighted by molar-refractivity contribution is 0.0476. The average Bonchev–Trinajstić information content (AvgIpc) is 2.96. The molecule has 1 aromatic heterocycles. The van der Waals surface area contributed by atoms with Crippen LogP contribution in [-0.4, -0.2) is 30.0 Å². The van der Waals surface area contributed by atoms with E-state index in [-0.39, 0.29) is 12.4 Å². The second kappa shape index (κ2) is 7.11. The van der Waals surface area contributed by atoms with Crippen molar-refractivity contribution >= 4 is 38.6 Å². The Bertz CT molecular complexity index is 961. The van der Waals surface area contributed by atoms with Crippen LogP contribution in [0.25, 0.3) is 10.9 Å². The number of hydrogen-bond acceptors (Lipinski definition) is 4. The molecule has 0 saturated carbocycles. The van der Waals surface area contributed by atoms with E-state index < -0.39 is 5.97 Å². The molecule has 0 radical (unpaired) electrons. The Morgan fingerprint density at radius 1 is 1.16 bits per heavy atom. The Balaban J connectivity index is 1.73. The van der Waals surface area contributed by atoms with Crippen LogP contribution in [0, 0.1) is 0 Å². The Morgan fingerprint density at radius 2 is 1.92 bits per heavy atom. The number of halogens is 1. The number of carbonyl (C=O) groups excluding carboxylic acids is 2. The molecule has 0 N–H and O–H groups in total. The van der Waals surface area contributed by atoms with Crippen LogP contribution in [0.4, 0.5) is 0 Å². The number of rotatable bonds is 5. The maximum absolute atomic E-state index is 12.4. The Kier molecular flexibility index (Phi) is 4.90. The smallest absolute Gasteiger partial charge is 0.340 e. The number of benzene rings is 2. The van der Waals surface area contributed by atoms with Crippen LogP contribution in [0.2, 0.25) is 0 Å². The first-order valence-corrected chi connectivity index (χ1v) is 8.38. The quantitative estimate of drug-likeness (QED) is 0.479. The van der Waals surface area contributed by atoms with Gasteiger partial charge in [0.15, 0.2) is 12.4 Å². The van der Waals surface area contributed by atoms with Crippen LogP contribution in [0.3, 0.4) is 0 Å². The minimum absolute atomic E-state index is 0.281. The van der Waals surface area contributed by atoms with Gasteiger partial charge in [-0.15, -0.1) is 0 Å². The molecule has 0 aliphatic heterocycles. The number of nitrogens with zero attached hydrogens (tertiary/aromatic N) is 1. The third kappa shape index (κ3) is 3.44. The van der Waals surface area contributed by atoms with E-state index in [0.717, 1.165) is 10.9 Å². The zero-order chi connectivity index (χ0) is 18.0. The summed E-state index contributed by atoms with van der Waals surface area (Å²) in [5.41, 5.74) is 1.82. The number of methoxy groups -OCH3 is 1. The fraction of sp³-hybridized carbons (Fsp3) is 0.158. The molecule has 0 fully saturated rings. The molecule has 5 nitrogen and oxygen atoms in total. The van der Waals surface area contributed by atoms with Crippen molar-refractivity contribution in [3.63, 3.8) is 0 Å². The topological polar surface area (TPSA) is 57.5 Å². The summed E-state index contributed by atoms with van der Waals surface area (Å²) in [5.74, 6) is -0.168. The van der Waals surface area contributed by atoms with Crippen molar-refractivity contribution in [3.05, 3.63) is 64.3 Å². The van der Waals surface area contributed by atoms with Gasteiger partial charge < -0.3 is 14.0 Å². The summed E-state index contributed by atoms with van der Waals surface area (Å²) in [6.07, 6.45) is 1.71. The minimum Gasteiger partial charge on any atom is -0.496 e. The number of aryl methyl sites for hydroxylation is 1. The van der Waals surface area contributed by atoms with Crippen LogP contribution in [0.1, 0.15) is 20.7 Å². The van der Waals surface area contributed by atoms with E-state index in [4.69, 9.17) is 9.47 Å². The molecular formula is C19H16BrNO4. The summed E-state index contributed by atoms with van der Waals surface area (Å²) in [7, 11) is 3.41. The first kappa shape index (κ1) is 17.2. The summed E-state index contributed by atoms with van der Waals surface area (Å²) in [4.78, 5) is 24.6. The van der Waals surface area contributed by atoms with Crippen molar-refractivity contribution in [1.82, 2.24) is 4.57 Å². The molecular weight excluding hydrogens is 386 g/mol. The number of hydrogen-bond donors (Lipinski definition) is 0. The maximum Gasteiger partial charge on any atom is 0.340 e. The number of Topliss-reactive ketones (excluding diaryl/α,β-unsaturated/α-hetero) is 1. The van der Waals surface area contributed by atoms with Crippen molar-refractivity contribution < 1.29 is 19.1 Å². The predicted molar refractivity (Wildman–Crippen MR) is 98.2 cm³/mol. The van der Waals surface area contributed by atoms with Gasteiger partial charge >= 0.3 is 5.97 Å². The second-order valence-electron chi connectivity index (χ2n) is 5.52. The van der Waals surface area contributed by atoms with Gasteiger partial charge in [-0.25, -0.2) is 4.79 Å². The van der Waals surface area contributed by atoms with Gasteiger partial charge in [-0.2, -0.15) is 0 Å². The highest BCUT2D eigenvalue weighted by atomic mass is 79.9. The summed E-state index contributed by atoms with van der Waals surface area (Å²) in [6.45, 7) is -0.319. The highest BCUT2D eigenvalue weighted by Crippen LogP contribution is 2.26. The van der Waals surface area contributed by atoms with Gasteiger partial charge in [0, 0.05) is 29.7 Å². The number of fused-ring (bicyclic) bond motifs is 1. The van der Waals surface area contributed by atoms with Gasteiger partial charge in [-0.05, 0) is 40.2 Å². The van der Waals surface area contributed by atoms with Gasteiger partial charge in [0.1, 0.15) is 5.75 Å². The molecule has 2 aromatic carbocycles. The summed E-state index contributed by atoms with van der Waals surface area (Å²) >= 11 is 3.33. The lowest BCUT2D eigenvalue weighted by Crippen LogP contribution is -2.14. The molecule has 3 aromatic rings.